The molecule has 0 spiro atoms. The first-order chi connectivity index (χ1) is 9.86. The Bertz CT molecular complexity index is 786. The third-order valence-corrected chi connectivity index (χ3v) is 6.38. The van der Waals surface area contributed by atoms with Gasteiger partial charge in [-0.15, -0.1) is 11.3 Å². The van der Waals surface area contributed by atoms with Gasteiger partial charge in [0.1, 0.15) is 0 Å². The number of halogens is 1. The molecule has 0 fully saturated rings. The van der Waals surface area contributed by atoms with Crippen molar-refractivity contribution < 1.29 is 17.9 Å². The first-order valence-electron chi connectivity index (χ1n) is 5.66. The number of carbonyl (C=O) groups excluding carboxylic acids is 1. The average molecular weight is 391 g/mol. The van der Waals surface area contributed by atoms with Gasteiger partial charge in [0.25, 0.3) is 10.0 Å². The summed E-state index contributed by atoms with van der Waals surface area (Å²) in [5, 5.41) is 0. The Labute approximate surface area is 134 Å². The number of thiazole rings is 1. The summed E-state index contributed by atoms with van der Waals surface area (Å²) in [6, 6.07) is 5.19. The van der Waals surface area contributed by atoms with Crippen LogP contribution in [0.1, 0.15) is 16.1 Å². The van der Waals surface area contributed by atoms with Crippen molar-refractivity contribution in [1.82, 2.24) is 4.98 Å². The molecule has 21 heavy (non-hydrogen) atoms. The zero-order valence-corrected chi connectivity index (χ0v) is 14.3. The fourth-order valence-electron chi connectivity index (χ4n) is 1.58. The van der Waals surface area contributed by atoms with E-state index >= 15 is 0 Å². The molecule has 0 aliphatic rings. The summed E-state index contributed by atoms with van der Waals surface area (Å²) >= 11 is 4.18. The Hall–Kier alpha value is -1.45. The van der Waals surface area contributed by atoms with Crippen LogP contribution in [0.25, 0.3) is 0 Å². The lowest BCUT2D eigenvalue weighted by molar-refractivity contribution is 0.0590. The van der Waals surface area contributed by atoms with Gasteiger partial charge in [0.15, 0.2) is 9.90 Å². The van der Waals surface area contributed by atoms with Crippen molar-refractivity contribution in [3.8, 4) is 0 Å². The van der Waals surface area contributed by atoms with Crippen LogP contribution in [0.3, 0.4) is 0 Å². The van der Waals surface area contributed by atoms with E-state index in [0.717, 1.165) is 16.9 Å². The topological polar surface area (TPSA) is 85.4 Å². The number of benzene rings is 1. The van der Waals surface area contributed by atoms with Crippen molar-refractivity contribution >= 4 is 48.9 Å². The number of hydrogen-bond acceptors (Lipinski definition) is 6. The number of nitrogens with zero attached hydrogens (tertiary/aromatic N) is 1. The second kappa shape index (κ2) is 6.12. The van der Waals surface area contributed by atoms with Gasteiger partial charge in [-0.2, -0.15) is 0 Å². The summed E-state index contributed by atoms with van der Waals surface area (Å²) < 4.78 is 32.2. The summed E-state index contributed by atoms with van der Waals surface area (Å²) in [7, 11) is -2.75. The number of aryl methyl sites for hydroxylation is 1. The highest BCUT2D eigenvalue weighted by atomic mass is 79.9. The molecule has 2 aromatic rings. The number of carbonyl (C=O) groups is 1. The van der Waals surface area contributed by atoms with Gasteiger partial charge in [-0.1, -0.05) is 12.1 Å². The minimum absolute atomic E-state index is 0.178. The third-order valence-electron chi connectivity index (χ3n) is 2.59. The summed E-state index contributed by atoms with van der Waals surface area (Å²) in [6.07, 6.45) is 0. The van der Waals surface area contributed by atoms with Gasteiger partial charge in [-0.25, -0.2) is 18.2 Å². The van der Waals surface area contributed by atoms with Gasteiger partial charge in [-0.05, 0) is 34.5 Å². The summed E-state index contributed by atoms with van der Waals surface area (Å²) in [6.45, 7) is 1.84. The normalized spacial score (nSPS) is 11.2. The molecular weight excluding hydrogens is 380 g/mol. The van der Waals surface area contributed by atoms with Gasteiger partial charge < -0.3 is 4.74 Å². The minimum atomic E-state index is -3.92. The molecule has 1 aromatic heterocycles. The molecule has 2 rings (SSSR count). The highest BCUT2D eigenvalue weighted by Gasteiger charge is 2.27. The van der Waals surface area contributed by atoms with Crippen LogP contribution in [0, 0.1) is 6.92 Å². The maximum absolute atomic E-state index is 12.4. The molecule has 112 valence electrons. The second-order valence-corrected chi connectivity index (χ2v) is 7.55. The molecule has 0 aliphatic carbocycles. The van der Waals surface area contributed by atoms with Gasteiger partial charge in [0.2, 0.25) is 0 Å². The minimum Gasteiger partial charge on any atom is -0.464 e. The van der Waals surface area contributed by atoms with Gasteiger partial charge in [-0.3, -0.25) is 4.72 Å². The van der Waals surface area contributed by atoms with Crippen LogP contribution >= 0.6 is 27.3 Å². The van der Waals surface area contributed by atoms with E-state index in [9.17, 15) is 13.2 Å². The zero-order chi connectivity index (χ0) is 15.6. The number of anilines is 1. The first kappa shape index (κ1) is 15.9. The van der Waals surface area contributed by atoms with E-state index in [1.54, 1.807) is 12.1 Å². The fourth-order valence-corrected chi connectivity index (χ4v) is 4.28. The highest BCUT2D eigenvalue weighted by molar-refractivity contribution is 9.10. The van der Waals surface area contributed by atoms with Gasteiger partial charge >= 0.3 is 5.97 Å². The van der Waals surface area contributed by atoms with Crippen LogP contribution in [0.2, 0.25) is 0 Å². The van der Waals surface area contributed by atoms with Crippen LogP contribution in [0.4, 0.5) is 5.69 Å². The first-order valence-corrected chi connectivity index (χ1v) is 8.82. The van der Waals surface area contributed by atoms with Crippen molar-refractivity contribution in [2.45, 2.75) is 11.1 Å². The molecular formula is C12H11BrN2O4S2. The van der Waals surface area contributed by atoms with Crippen LogP contribution in [-0.4, -0.2) is 26.5 Å². The van der Waals surface area contributed by atoms with E-state index in [0.29, 0.717) is 10.2 Å². The second-order valence-electron chi connectivity index (χ2n) is 4.02. The molecule has 0 amide bonds. The van der Waals surface area contributed by atoms with E-state index in [2.05, 4.69) is 30.4 Å². The lowest BCUT2D eigenvalue weighted by Gasteiger charge is -2.10. The highest BCUT2D eigenvalue weighted by Crippen LogP contribution is 2.29. The van der Waals surface area contributed by atoms with Gasteiger partial charge in [0.05, 0.1) is 18.3 Å². The number of nitrogens with one attached hydrogen (secondary N) is 1. The van der Waals surface area contributed by atoms with E-state index in [1.165, 1.54) is 12.6 Å². The quantitative estimate of drug-likeness (QED) is 0.811. The summed E-state index contributed by atoms with van der Waals surface area (Å²) in [5.41, 5.74) is 2.33. The van der Waals surface area contributed by atoms with Crippen LogP contribution < -0.4 is 4.72 Å². The molecule has 0 aliphatic heterocycles. The van der Waals surface area contributed by atoms with Gasteiger partial charge in [0, 0.05) is 4.47 Å². The lowest BCUT2D eigenvalue weighted by Crippen LogP contribution is -2.16. The Morgan fingerprint density at radius 1 is 1.43 bits per heavy atom. The maximum Gasteiger partial charge on any atom is 0.358 e. The molecule has 0 radical (unpaired) electrons. The molecule has 9 heteroatoms. The molecule has 1 aromatic carbocycles. The Kier molecular flexibility index (Phi) is 4.64. The maximum atomic E-state index is 12.4. The van der Waals surface area contributed by atoms with Crippen molar-refractivity contribution in [3.05, 3.63) is 39.4 Å². The van der Waals surface area contributed by atoms with Crippen LogP contribution in [0.5, 0.6) is 0 Å². The Morgan fingerprint density at radius 2 is 2.14 bits per heavy atom. The van der Waals surface area contributed by atoms with Crippen LogP contribution in [-0.2, 0) is 14.8 Å². The molecule has 0 bridgehead atoms. The molecule has 1 heterocycles. The van der Waals surface area contributed by atoms with E-state index < -0.39 is 16.0 Å². The lowest BCUT2D eigenvalue weighted by atomic mass is 10.2. The van der Waals surface area contributed by atoms with E-state index in [4.69, 9.17) is 0 Å². The van der Waals surface area contributed by atoms with Crippen LogP contribution in [0.15, 0.2) is 32.4 Å². The van der Waals surface area contributed by atoms with E-state index in [1.807, 2.05) is 13.0 Å². The molecule has 0 saturated heterocycles. The van der Waals surface area contributed by atoms with Crippen molar-refractivity contribution in [2.75, 3.05) is 11.8 Å². The standard InChI is InChI=1S/C12H11BrN2O4S2/c1-7-4-3-5-8(9(7)13)15-21(17,18)12-10(11(16)19-2)14-6-20-12/h3-6,15H,1-2H3. The third kappa shape index (κ3) is 3.25. The number of esters is 1. The monoisotopic (exact) mass is 390 g/mol. The SMILES string of the molecule is COC(=O)c1ncsc1S(=O)(=O)Nc1cccc(C)c1Br. The summed E-state index contributed by atoms with van der Waals surface area (Å²) in [4.78, 5) is 15.3. The number of aromatic nitrogens is 1. The molecule has 0 unspecified atom stereocenters. The van der Waals surface area contributed by atoms with Crippen molar-refractivity contribution in [2.24, 2.45) is 0 Å². The number of hydrogen-bond donors (Lipinski definition) is 1. The fraction of sp³-hybridized carbons (Fsp3) is 0.167. The predicted molar refractivity (Wildman–Crippen MR) is 83.1 cm³/mol. The smallest absolute Gasteiger partial charge is 0.358 e. The number of ether oxygens (including phenoxy) is 1. The van der Waals surface area contributed by atoms with E-state index in [-0.39, 0.29) is 9.90 Å². The molecule has 1 N–H and O–H groups in total. The zero-order valence-electron chi connectivity index (χ0n) is 11.1. The molecule has 6 nitrogen and oxygen atoms in total. The summed E-state index contributed by atoms with van der Waals surface area (Å²) in [5.74, 6) is -0.792. The number of methoxy groups -OCH3 is 1. The predicted octanol–water partition coefficient (Wildman–Crippen LogP) is 2.80. The average Bonchev–Trinajstić information content (AvgIpc) is 2.93. The van der Waals surface area contributed by atoms with Crippen molar-refractivity contribution in [3.63, 3.8) is 0 Å². The Morgan fingerprint density at radius 3 is 2.81 bits per heavy atom. The molecule has 0 atom stereocenters. The number of sulfonamides is 1. The Balaban J connectivity index is 2.42. The largest absolute Gasteiger partial charge is 0.464 e. The van der Waals surface area contributed by atoms with Crippen molar-refractivity contribution in [1.29, 1.82) is 0 Å². The number of rotatable bonds is 4. The molecule has 0 saturated carbocycles.